The van der Waals surface area contributed by atoms with Crippen LogP contribution in [0.5, 0.6) is 28.7 Å². The lowest BCUT2D eigenvalue weighted by atomic mass is 9.55. The maximum absolute atomic E-state index is 15.3. The van der Waals surface area contributed by atoms with Gasteiger partial charge in [-0.1, -0.05) is 101 Å². The Kier molecular flexibility index (Phi) is 21.8. The third kappa shape index (κ3) is 14.6. The van der Waals surface area contributed by atoms with Crippen molar-refractivity contribution in [2.45, 2.75) is 152 Å². The molecule has 2 aliphatic carbocycles. The summed E-state index contributed by atoms with van der Waals surface area (Å²) in [6.07, 6.45) is 21.3. The number of benzene rings is 4. The molecule has 2 N–H and O–H groups in total. The number of thioether (sulfide) groups is 1. The van der Waals surface area contributed by atoms with E-state index in [0.29, 0.717) is 59.3 Å². The number of hydrogen-bond acceptors (Lipinski definition) is 14. The van der Waals surface area contributed by atoms with Crippen molar-refractivity contribution in [2.75, 3.05) is 39.5 Å². The number of ether oxygens (including phenoxy) is 6. The van der Waals surface area contributed by atoms with E-state index in [-0.39, 0.29) is 76.2 Å². The maximum Gasteiger partial charge on any atom is 0.410 e. The third-order valence-electron chi connectivity index (χ3n) is 15.6. The molecule has 0 unspecified atom stereocenters. The molecule has 8 rings (SSSR count). The molecule has 0 bridgehead atoms. The number of non-ortho nitro benzene ring substituents is 1. The molecule has 2 aliphatic heterocycles. The van der Waals surface area contributed by atoms with Crippen LogP contribution in [0.2, 0.25) is 0 Å². The minimum Gasteiger partial charge on any atom is -0.459 e. The Hall–Kier alpha value is -6.07. The van der Waals surface area contributed by atoms with Gasteiger partial charge in [-0.2, -0.15) is 0 Å². The number of nitro groups is 1. The molecule has 2 heterocycles. The van der Waals surface area contributed by atoms with Crippen molar-refractivity contribution in [1.29, 1.82) is 0 Å². The molecule has 0 saturated heterocycles. The molecular formula is C62H79N3O12S. The first-order chi connectivity index (χ1) is 38.2. The van der Waals surface area contributed by atoms with Crippen molar-refractivity contribution < 1.29 is 53.2 Å². The number of rotatable bonds is 32. The predicted octanol–water partition coefficient (Wildman–Crippen LogP) is 14.2. The van der Waals surface area contributed by atoms with E-state index in [4.69, 9.17) is 38.4 Å². The van der Waals surface area contributed by atoms with Gasteiger partial charge in [0.15, 0.2) is 11.5 Å². The second-order valence-corrected chi connectivity index (χ2v) is 21.7. The fourth-order valence-electron chi connectivity index (χ4n) is 11.8. The lowest BCUT2D eigenvalue weighted by molar-refractivity contribution is -0.384. The first-order valence-corrected chi connectivity index (χ1v) is 29.5. The van der Waals surface area contributed by atoms with Crippen LogP contribution in [0.3, 0.4) is 0 Å². The number of hydrogen-bond donors (Lipinski definition) is 2. The van der Waals surface area contributed by atoms with Crippen LogP contribution in [0.4, 0.5) is 10.5 Å². The first kappa shape index (κ1) is 58.1. The number of amides is 1. The van der Waals surface area contributed by atoms with Gasteiger partial charge in [0.25, 0.3) is 5.69 Å². The summed E-state index contributed by atoms with van der Waals surface area (Å²) in [5.74, 6) is 0.607. The van der Waals surface area contributed by atoms with Crippen molar-refractivity contribution in [3.05, 3.63) is 136 Å². The smallest absolute Gasteiger partial charge is 0.410 e. The van der Waals surface area contributed by atoms with Gasteiger partial charge >= 0.3 is 6.09 Å². The number of fused-ring (bicyclic) bond motifs is 3. The Morgan fingerprint density at radius 2 is 1.51 bits per heavy atom. The van der Waals surface area contributed by atoms with Gasteiger partial charge in [0.2, 0.25) is 12.6 Å². The van der Waals surface area contributed by atoms with Gasteiger partial charge in [-0.15, -0.1) is 18.3 Å². The molecule has 0 aromatic heterocycles. The fourth-order valence-corrected chi connectivity index (χ4v) is 12.2. The van der Waals surface area contributed by atoms with Gasteiger partial charge in [0, 0.05) is 54.7 Å². The van der Waals surface area contributed by atoms with E-state index in [1.807, 2.05) is 60.9 Å². The van der Waals surface area contributed by atoms with Crippen LogP contribution in [-0.2, 0) is 27.5 Å². The lowest BCUT2D eigenvalue weighted by Gasteiger charge is -2.59. The zero-order valence-corrected chi connectivity index (χ0v) is 46.3. The lowest BCUT2D eigenvalue weighted by Crippen LogP contribution is -2.70. The highest BCUT2D eigenvalue weighted by Crippen LogP contribution is 2.62. The summed E-state index contributed by atoms with van der Waals surface area (Å²) >= 11 is 1.66. The molecule has 16 heteroatoms. The summed E-state index contributed by atoms with van der Waals surface area (Å²) in [6.45, 7) is 6.98. The normalized spacial score (nSPS) is 21.2. The molecule has 1 fully saturated rings. The van der Waals surface area contributed by atoms with Crippen molar-refractivity contribution in [1.82, 2.24) is 4.90 Å². The number of carbonyl (C=O) groups excluding carboxylic acids is 1. The summed E-state index contributed by atoms with van der Waals surface area (Å²) < 4.78 is 39.3. The van der Waals surface area contributed by atoms with Gasteiger partial charge in [0.1, 0.15) is 29.9 Å². The Labute approximate surface area is 464 Å². The Morgan fingerprint density at radius 3 is 2.22 bits per heavy atom. The molecule has 4 aromatic carbocycles. The zero-order chi connectivity index (χ0) is 54.7. The van der Waals surface area contributed by atoms with Crippen molar-refractivity contribution in [3.8, 4) is 28.7 Å². The van der Waals surface area contributed by atoms with Gasteiger partial charge in [-0.25, -0.2) is 4.79 Å². The highest BCUT2D eigenvalue weighted by atomic mass is 32.2. The second-order valence-electron chi connectivity index (χ2n) is 20.9. The number of carbonyl (C=O) groups is 1. The van der Waals surface area contributed by atoms with Gasteiger partial charge in [0.05, 0.1) is 29.8 Å². The summed E-state index contributed by atoms with van der Waals surface area (Å²) in [6, 6.07) is 24.9. The molecule has 0 radical (unpaired) electrons. The molecule has 1 amide bonds. The zero-order valence-electron chi connectivity index (χ0n) is 45.5. The van der Waals surface area contributed by atoms with Gasteiger partial charge in [-0.05, 0) is 134 Å². The quantitative estimate of drug-likeness (QED) is 0.0155. The average Bonchev–Trinajstić information content (AvgIpc) is 2.47. The molecule has 4 aromatic rings. The highest BCUT2D eigenvalue weighted by molar-refractivity contribution is 7.98. The standard InChI is InChI=1S/C62H79N3O12S/c1-4-6-7-8-9-10-11-12-13-18-36-71-61(68)64(41-45-23-31-56-57(37-45)73-43-72-56)58-40-54(63-75-42-44-21-24-47(25-22-44)65(69)70)52-38-46(19-14-16-33-66)51(20-15-17-34-67)59-53-39-49(76-48-26-29-50(78-3)30-27-48)28-32-55(53)77-62(58,60(52)59)74-35-5-2/h5,21-32,37-39,46,51,58-60,66-67H,2,4,6-20,33-36,40-43H2,1,3H3/t46-,51+,58-,59+,60+,62+/m0/s1. The van der Waals surface area contributed by atoms with Crippen molar-refractivity contribution in [3.63, 3.8) is 0 Å². The third-order valence-corrected chi connectivity index (χ3v) is 16.4. The van der Waals surface area contributed by atoms with Crippen LogP contribution < -0.4 is 18.9 Å². The molecule has 1 saturated carbocycles. The second kappa shape index (κ2) is 29.2. The maximum atomic E-state index is 15.3. The van der Waals surface area contributed by atoms with E-state index < -0.39 is 28.8 Å². The molecule has 6 atom stereocenters. The largest absolute Gasteiger partial charge is 0.459 e. The molecule has 0 spiro atoms. The van der Waals surface area contributed by atoms with E-state index in [9.17, 15) is 20.3 Å². The molecular weight excluding hydrogens is 1010 g/mol. The van der Waals surface area contributed by atoms with Crippen molar-refractivity contribution in [2.24, 2.45) is 22.9 Å². The van der Waals surface area contributed by atoms with E-state index in [1.54, 1.807) is 34.9 Å². The molecule has 78 heavy (non-hydrogen) atoms. The minimum atomic E-state index is -1.55. The van der Waals surface area contributed by atoms with Crippen molar-refractivity contribution >= 4 is 29.3 Å². The number of oxime groups is 1. The van der Waals surface area contributed by atoms with Crippen LogP contribution in [0.15, 0.2) is 119 Å². The van der Waals surface area contributed by atoms with E-state index in [0.717, 1.165) is 66.5 Å². The minimum absolute atomic E-state index is 0.00890. The topological polar surface area (TPSA) is 181 Å². The number of aliphatic hydroxyl groups is 2. The van der Waals surface area contributed by atoms with Crippen LogP contribution in [0, 0.1) is 27.9 Å². The van der Waals surface area contributed by atoms with E-state index >= 15 is 4.79 Å². The van der Waals surface area contributed by atoms with Crippen LogP contribution in [-0.4, -0.2) is 83.1 Å². The molecule has 15 nitrogen and oxygen atoms in total. The number of allylic oxidation sites excluding steroid dienone is 1. The predicted molar refractivity (Wildman–Crippen MR) is 302 cm³/mol. The fraction of sp³-hybridized carbons (Fsp3) is 0.516. The first-order valence-electron chi connectivity index (χ1n) is 28.3. The number of unbranched alkanes of at least 4 members (excludes halogenated alkanes) is 11. The monoisotopic (exact) mass is 1090 g/mol. The van der Waals surface area contributed by atoms with Crippen LogP contribution >= 0.6 is 11.8 Å². The van der Waals surface area contributed by atoms with Gasteiger partial charge in [-0.3, -0.25) is 15.0 Å². The van der Waals surface area contributed by atoms with Gasteiger partial charge < -0.3 is 43.5 Å². The summed E-state index contributed by atoms with van der Waals surface area (Å²) in [4.78, 5) is 35.6. The van der Waals surface area contributed by atoms with Crippen LogP contribution in [0.1, 0.15) is 139 Å². The SMILES string of the molecule is C=CCO[C@@]12Oc3ccc(Oc4ccc(SC)cc4)cc3[C@H]3[C@H](CCCCO)[C@@H](CCCCO)C=C(C(=NOCc4ccc([N+](=O)[O-])cc4)C[C@@H]1N(Cc1ccc4c(c1)OCO4)C(=O)OCCCCCCCCCCCC)[C@H]32. The Bertz CT molecular complexity index is 2650. The Morgan fingerprint density at radius 1 is 0.833 bits per heavy atom. The number of nitrogens with zero attached hydrogens (tertiary/aromatic N) is 3. The summed E-state index contributed by atoms with van der Waals surface area (Å²) in [5, 5.41) is 36.8. The summed E-state index contributed by atoms with van der Waals surface area (Å²) in [7, 11) is 0. The molecule has 4 aliphatic rings. The van der Waals surface area contributed by atoms with E-state index in [1.165, 1.54) is 50.7 Å². The van der Waals surface area contributed by atoms with Crippen LogP contribution in [0.25, 0.3) is 0 Å². The summed E-state index contributed by atoms with van der Waals surface area (Å²) in [5.41, 5.74) is 3.81. The molecule has 420 valence electrons. The number of nitro benzene ring substituents is 1. The number of aliphatic hydroxyl groups excluding tert-OH is 2. The highest BCUT2D eigenvalue weighted by Gasteiger charge is 2.66. The average molecular weight is 1090 g/mol. The van der Waals surface area contributed by atoms with E-state index in [2.05, 4.69) is 25.6 Å². The Balaban J connectivity index is 1.24.